The summed E-state index contributed by atoms with van der Waals surface area (Å²) in [6.07, 6.45) is 1.42. The fourth-order valence-corrected chi connectivity index (χ4v) is 3.94. The SMILES string of the molecule is CC(=O)C1CCCN(S(=O)(=O)c2cccc(C#N)c2)C1. The Morgan fingerprint density at radius 3 is 2.85 bits per heavy atom. The van der Waals surface area contributed by atoms with Gasteiger partial charge in [0.05, 0.1) is 16.5 Å². The molecule has 0 bridgehead atoms. The van der Waals surface area contributed by atoms with Gasteiger partial charge in [-0.25, -0.2) is 8.42 Å². The minimum Gasteiger partial charge on any atom is -0.300 e. The predicted octanol–water partition coefficient (Wildman–Crippen LogP) is 1.55. The molecule has 1 aliphatic heterocycles. The van der Waals surface area contributed by atoms with E-state index in [0.717, 1.165) is 6.42 Å². The third-order valence-electron chi connectivity index (χ3n) is 3.56. The summed E-state index contributed by atoms with van der Waals surface area (Å²) in [6, 6.07) is 7.90. The Balaban J connectivity index is 2.30. The van der Waals surface area contributed by atoms with Crippen LogP contribution in [-0.4, -0.2) is 31.6 Å². The third-order valence-corrected chi connectivity index (χ3v) is 5.42. The molecule has 20 heavy (non-hydrogen) atoms. The number of Topliss-reactive ketones (excluding diaryl/α,β-unsaturated/α-hetero) is 1. The van der Waals surface area contributed by atoms with Gasteiger partial charge >= 0.3 is 0 Å². The Bertz CT molecular complexity index is 661. The van der Waals surface area contributed by atoms with Crippen molar-refractivity contribution in [3.05, 3.63) is 29.8 Å². The van der Waals surface area contributed by atoms with Crippen molar-refractivity contribution in [2.24, 2.45) is 5.92 Å². The van der Waals surface area contributed by atoms with Gasteiger partial charge in [-0.2, -0.15) is 9.57 Å². The van der Waals surface area contributed by atoms with Crippen molar-refractivity contribution < 1.29 is 13.2 Å². The largest absolute Gasteiger partial charge is 0.300 e. The van der Waals surface area contributed by atoms with Gasteiger partial charge in [-0.1, -0.05) is 6.07 Å². The number of carbonyl (C=O) groups excluding carboxylic acids is 1. The highest BCUT2D eigenvalue weighted by Gasteiger charge is 2.31. The Morgan fingerprint density at radius 2 is 2.20 bits per heavy atom. The molecule has 1 unspecified atom stereocenters. The van der Waals surface area contributed by atoms with Gasteiger partial charge in [0.2, 0.25) is 10.0 Å². The first-order valence-corrected chi connectivity index (χ1v) is 7.90. The van der Waals surface area contributed by atoms with Crippen molar-refractivity contribution in [1.29, 1.82) is 5.26 Å². The number of sulfonamides is 1. The molecule has 0 amide bonds. The molecule has 0 N–H and O–H groups in total. The molecule has 6 heteroatoms. The lowest BCUT2D eigenvalue weighted by atomic mass is 9.96. The van der Waals surface area contributed by atoms with E-state index in [1.54, 1.807) is 12.1 Å². The Kier molecular flexibility index (Phi) is 4.21. The van der Waals surface area contributed by atoms with Gasteiger partial charge in [0.25, 0.3) is 0 Å². The van der Waals surface area contributed by atoms with E-state index < -0.39 is 10.0 Å². The van der Waals surface area contributed by atoms with Gasteiger partial charge in [0, 0.05) is 19.0 Å². The highest BCUT2D eigenvalue weighted by atomic mass is 32.2. The molecule has 1 heterocycles. The number of ketones is 1. The zero-order valence-corrected chi connectivity index (χ0v) is 12.1. The number of nitrogens with zero attached hydrogens (tertiary/aromatic N) is 2. The summed E-state index contributed by atoms with van der Waals surface area (Å²) >= 11 is 0. The molecule has 1 fully saturated rings. The van der Waals surface area contributed by atoms with Gasteiger partial charge < -0.3 is 0 Å². The van der Waals surface area contributed by atoms with Crippen LogP contribution in [0, 0.1) is 17.2 Å². The lowest BCUT2D eigenvalue weighted by Crippen LogP contribution is -2.41. The maximum atomic E-state index is 12.5. The van der Waals surface area contributed by atoms with E-state index in [2.05, 4.69) is 0 Å². The summed E-state index contributed by atoms with van der Waals surface area (Å²) in [5.41, 5.74) is 0.311. The molecular weight excluding hydrogens is 276 g/mol. The molecule has 0 spiro atoms. The standard InChI is InChI=1S/C14H16N2O3S/c1-11(17)13-5-3-7-16(10-13)20(18,19)14-6-2-4-12(8-14)9-15/h2,4,6,8,13H,3,5,7,10H2,1H3. The number of hydrogen-bond acceptors (Lipinski definition) is 4. The summed E-state index contributed by atoms with van der Waals surface area (Å²) < 4.78 is 26.4. The van der Waals surface area contributed by atoms with Crippen molar-refractivity contribution in [2.75, 3.05) is 13.1 Å². The van der Waals surface area contributed by atoms with E-state index in [1.807, 2.05) is 6.07 Å². The molecule has 1 saturated heterocycles. The van der Waals surface area contributed by atoms with Crippen LogP contribution < -0.4 is 0 Å². The number of piperidine rings is 1. The monoisotopic (exact) mass is 292 g/mol. The van der Waals surface area contributed by atoms with Gasteiger partial charge in [-0.05, 0) is 38.0 Å². The predicted molar refractivity (Wildman–Crippen MR) is 73.3 cm³/mol. The average Bonchev–Trinajstić information content (AvgIpc) is 2.47. The third kappa shape index (κ3) is 2.89. The molecule has 1 aromatic carbocycles. The van der Waals surface area contributed by atoms with Crippen molar-refractivity contribution in [2.45, 2.75) is 24.7 Å². The number of benzene rings is 1. The van der Waals surface area contributed by atoms with E-state index in [0.29, 0.717) is 18.5 Å². The number of rotatable bonds is 3. The summed E-state index contributed by atoms with van der Waals surface area (Å²) in [6.45, 7) is 2.15. The lowest BCUT2D eigenvalue weighted by Gasteiger charge is -2.30. The highest BCUT2D eigenvalue weighted by molar-refractivity contribution is 7.89. The molecule has 1 atom stereocenters. The van der Waals surface area contributed by atoms with Crippen LogP contribution >= 0.6 is 0 Å². The Hall–Kier alpha value is -1.71. The minimum absolute atomic E-state index is 0.0238. The second kappa shape index (κ2) is 5.73. The number of carbonyl (C=O) groups is 1. The molecule has 0 aliphatic carbocycles. The van der Waals surface area contributed by atoms with E-state index in [1.165, 1.54) is 23.4 Å². The zero-order chi connectivity index (χ0) is 14.8. The van der Waals surface area contributed by atoms with Gasteiger partial charge in [0.15, 0.2) is 0 Å². The Labute approximate surface area is 118 Å². The van der Waals surface area contributed by atoms with Crippen LogP contribution in [-0.2, 0) is 14.8 Å². The van der Waals surface area contributed by atoms with Crippen molar-refractivity contribution in [3.8, 4) is 6.07 Å². The van der Waals surface area contributed by atoms with E-state index in [9.17, 15) is 13.2 Å². The minimum atomic E-state index is -3.63. The fraction of sp³-hybridized carbons (Fsp3) is 0.429. The molecule has 2 rings (SSSR count). The highest BCUT2D eigenvalue weighted by Crippen LogP contribution is 2.24. The molecule has 106 valence electrons. The van der Waals surface area contributed by atoms with Crippen molar-refractivity contribution >= 4 is 15.8 Å². The van der Waals surface area contributed by atoms with Gasteiger partial charge in [0.1, 0.15) is 5.78 Å². The van der Waals surface area contributed by atoms with Crippen molar-refractivity contribution in [3.63, 3.8) is 0 Å². The van der Waals surface area contributed by atoms with Gasteiger partial charge in [-0.15, -0.1) is 0 Å². The first-order chi connectivity index (χ1) is 9.45. The quantitative estimate of drug-likeness (QED) is 0.846. The number of nitriles is 1. The van der Waals surface area contributed by atoms with E-state index >= 15 is 0 Å². The van der Waals surface area contributed by atoms with E-state index in [-0.39, 0.29) is 23.1 Å². The summed E-state index contributed by atoms with van der Waals surface area (Å²) in [5, 5.41) is 8.85. The lowest BCUT2D eigenvalue weighted by molar-refractivity contribution is -0.121. The first kappa shape index (κ1) is 14.7. The molecule has 0 radical (unpaired) electrons. The first-order valence-electron chi connectivity index (χ1n) is 6.46. The molecular formula is C14H16N2O3S. The smallest absolute Gasteiger partial charge is 0.243 e. The molecule has 1 aliphatic rings. The number of hydrogen-bond donors (Lipinski definition) is 0. The van der Waals surface area contributed by atoms with E-state index in [4.69, 9.17) is 5.26 Å². The molecule has 0 saturated carbocycles. The Morgan fingerprint density at radius 1 is 1.45 bits per heavy atom. The molecule has 5 nitrogen and oxygen atoms in total. The van der Waals surface area contributed by atoms with Crippen molar-refractivity contribution in [1.82, 2.24) is 4.31 Å². The summed E-state index contributed by atoms with van der Waals surface area (Å²) in [4.78, 5) is 11.6. The fourth-order valence-electron chi connectivity index (χ4n) is 2.37. The van der Waals surface area contributed by atoms with Crippen LogP contribution in [0.15, 0.2) is 29.2 Å². The second-order valence-electron chi connectivity index (χ2n) is 4.95. The summed E-state index contributed by atoms with van der Waals surface area (Å²) in [5.74, 6) is -0.201. The van der Waals surface area contributed by atoms with Crippen LogP contribution in [0.25, 0.3) is 0 Å². The maximum Gasteiger partial charge on any atom is 0.243 e. The van der Waals surface area contributed by atoms with Gasteiger partial charge in [-0.3, -0.25) is 4.79 Å². The average molecular weight is 292 g/mol. The molecule has 0 aromatic heterocycles. The topological polar surface area (TPSA) is 78.2 Å². The van der Waals surface area contributed by atoms with Crippen LogP contribution in [0.5, 0.6) is 0 Å². The van der Waals surface area contributed by atoms with Crippen LogP contribution in [0.2, 0.25) is 0 Å². The molecule has 1 aromatic rings. The summed E-state index contributed by atoms with van der Waals surface area (Å²) in [7, 11) is -3.63. The zero-order valence-electron chi connectivity index (χ0n) is 11.2. The maximum absolute atomic E-state index is 12.5. The second-order valence-corrected chi connectivity index (χ2v) is 6.89. The van der Waals surface area contributed by atoms with Crippen LogP contribution in [0.4, 0.5) is 0 Å². The van der Waals surface area contributed by atoms with Crippen LogP contribution in [0.3, 0.4) is 0 Å². The normalized spacial score (nSPS) is 20.3. The van der Waals surface area contributed by atoms with Crippen LogP contribution in [0.1, 0.15) is 25.3 Å².